The van der Waals surface area contributed by atoms with Crippen LogP contribution in [0.2, 0.25) is 0 Å². The lowest BCUT2D eigenvalue weighted by Gasteiger charge is -2.30. The largest absolute Gasteiger partial charge is 0.459 e. The predicted molar refractivity (Wildman–Crippen MR) is 88.6 cm³/mol. The minimum absolute atomic E-state index is 0.105. The smallest absolute Gasteiger partial charge is 0.293 e. The molecule has 132 valence electrons. The standard InChI is InChI=1S/C17H21N5O3/c23-9-8-22-7-5-14(19-22)13-3-1-6-21(11-13)12-16-18-17(25-20-16)15-4-2-10-24-15/h2,4-5,7,10,13,23H,1,3,6,8-9,11-12H2. The lowest BCUT2D eigenvalue weighted by Crippen LogP contribution is -2.34. The molecule has 8 heteroatoms. The van der Waals surface area contributed by atoms with E-state index in [4.69, 9.17) is 14.0 Å². The summed E-state index contributed by atoms with van der Waals surface area (Å²) in [4.78, 5) is 6.74. The van der Waals surface area contributed by atoms with Gasteiger partial charge in [0.2, 0.25) is 0 Å². The van der Waals surface area contributed by atoms with Crippen molar-refractivity contribution < 1.29 is 14.0 Å². The molecule has 3 aromatic rings. The van der Waals surface area contributed by atoms with Crippen LogP contribution in [0.5, 0.6) is 0 Å². The van der Waals surface area contributed by atoms with Crippen molar-refractivity contribution in [3.05, 3.63) is 42.2 Å². The van der Waals surface area contributed by atoms with Crippen molar-refractivity contribution >= 4 is 0 Å². The number of aliphatic hydroxyl groups is 1. The second kappa shape index (κ2) is 7.20. The highest BCUT2D eigenvalue weighted by atomic mass is 16.5. The van der Waals surface area contributed by atoms with Crippen molar-refractivity contribution in [3.63, 3.8) is 0 Å². The van der Waals surface area contributed by atoms with Crippen LogP contribution in [0.1, 0.15) is 30.3 Å². The molecule has 4 rings (SSSR count). The van der Waals surface area contributed by atoms with Gasteiger partial charge in [-0.25, -0.2) is 0 Å². The highest BCUT2D eigenvalue weighted by molar-refractivity contribution is 5.42. The number of nitrogens with zero attached hydrogens (tertiary/aromatic N) is 5. The summed E-state index contributed by atoms with van der Waals surface area (Å²) in [6, 6.07) is 5.65. The number of likely N-dealkylation sites (tertiary alicyclic amines) is 1. The van der Waals surface area contributed by atoms with Crippen LogP contribution in [0.15, 0.2) is 39.6 Å². The number of hydrogen-bond donors (Lipinski definition) is 1. The summed E-state index contributed by atoms with van der Waals surface area (Å²) in [7, 11) is 0. The third-order valence-electron chi connectivity index (χ3n) is 4.48. The lowest BCUT2D eigenvalue weighted by molar-refractivity contribution is 0.191. The molecule has 1 N–H and O–H groups in total. The maximum Gasteiger partial charge on any atom is 0.293 e. The number of aliphatic hydroxyl groups excluding tert-OH is 1. The van der Waals surface area contributed by atoms with Gasteiger partial charge < -0.3 is 14.0 Å². The molecule has 25 heavy (non-hydrogen) atoms. The minimum atomic E-state index is 0.105. The Bertz CT molecular complexity index is 795. The van der Waals surface area contributed by atoms with Crippen molar-refractivity contribution in [1.29, 1.82) is 0 Å². The summed E-state index contributed by atoms with van der Waals surface area (Å²) < 4.78 is 12.3. The molecule has 1 unspecified atom stereocenters. The van der Waals surface area contributed by atoms with E-state index >= 15 is 0 Å². The van der Waals surface area contributed by atoms with Crippen LogP contribution in [0, 0.1) is 0 Å². The van der Waals surface area contributed by atoms with Gasteiger partial charge in [-0.3, -0.25) is 9.58 Å². The molecule has 0 radical (unpaired) electrons. The van der Waals surface area contributed by atoms with Crippen LogP contribution < -0.4 is 0 Å². The zero-order valence-corrected chi connectivity index (χ0v) is 13.9. The fourth-order valence-corrected chi connectivity index (χ4v) is 3.28. The van der Waals surface area contributed by atoms with Crippen LogP contribution in [0.3, 0.4) is 0 Å². The highest BCUT2D eigenvalue weighted by Crippen LogP contribution is 2.26. The first kappa shape index (κ1) is 16.0. The fourth-order valence-electron chi connectivity index (χ4n) is 3.28. The van der Waals surface area contributed by atoms with Crippen molar-refractivity contribution in [1.82, 2.24) is 24.8 Å². The Kier molecular flexibility index (Phi) is 4.62. The van der Waals surface area contributed by atoms with Crippen LogP contribution in [-0.4, -0.2) is 49.6 Å². The van der Waals surface area contributed by atoms with E-state index in [1.165, 1.54) is 0 Å². The average molecular weight is 343 g/mol. The Hall–Kier alpha value is -2.45. The Balaban J connectivity index is 1.39. The molecule has 0 spiro atoms. The Morgan fingerprint density at radius 3 is 3.12 bits per heavy atom. The molecule has 3 aromatic heterocycles. The van der Waals surface area contributed by atoms with Gasteiger partial charge in [-0.2, -0.15) is 10.1 Å². The lowest BCUT2D eigenvalue weighted by atomic mass is 9.95. The van der Waals surface area contributed by atoms with Gasteiger partial charge in [0.25, 0.3) is 5.89 Å². The highest BCUT2D eigenvalue weighted by Gasteiger charge is 2.24. The first-order valence-corrected chi connectivity index (χ1v) is 8.55. The predicted octanol–water partition coefficient (Wildman–Crippen LogP) is 1.90. The van der Waals surface area contributed by atoms with E-state index in [1.807, 2.05) is 12.3 Å². The number of aromatic nitrogens is 4. The summed E-state index contributed by atoms with van der Waals surface area (Å²) >= 11 is 0. The molecule has 1 aliphatic heterocycles. The van der Waals surface area contributed by atoms with Gasteiger partial charge in [0.1, 0.15) is 0 Å². The molecule has 0 aliphatic carbocycles. The molecule has 1 atom stereocenters. The third-order valence-corrected chi connectivity index (χ3v) is 4.48. The summed E-state index contributed by atoms with van der Waals surface area (Å²) in [6.07, 6.45) is 5.75. The minimum Gasteiger partial charge on any atom is -0.459 e. The molecule has 0 bridgehead atoms. The van der Waals surface area contributed by atoms with Crippen LogP contribution >= 0.6 is 0 Å². The Morgan fingerprint density at radius 2 is 2.28 bits per heavy atom. The average Bonchev–Trinajstić information content (AvgIpc) is 3.37. The third kappa shape index (κ3) is 3.64. The number of piperidine rings is 1. The van der Waals surface area contributed by atoms with Gasteiger partial charge >= 0.3 is 0 Å². The van der Waals surface area contributed by atoms with Gasteiger partial charge in [-0.15, -0.1) is 0 Å². The SMILES string of the molecule is OCCn1ccc(C2CCCN(Cc3noc(-c4ccco4)n3)C2)n1. The first-order valence-electron chi connectivity index (χ1n) is 8.55. The molecule has 0 saturated carbocycles. The van der Waals surface area contributed by atoms with Crippen LogP contribution in [-0.2, 0) is 13.1 Å². The monoisotopic (exact) mass is 343 g/mol. The molecule has 4 heterocycles. The van der Waals surface area contributed by atoms with E-state index in [2.05, 4.69) is 20.1 Å². The molecular weight excluding hydrogens is 322 g/mol. The van der Waals surface area contributed by atoms with Crippen LogP contribution in [0.25, 0.3) is 11.7 Å². The molecule has 1 aliphatic rings. The van der Waals surface area contributed by atoms with E-state index in [-0.39, 0.29) is 6.61 Å². The molecule has 0 aromatic carbocycles. The zero-order valence-electron chi connectivity index (χ0n) is 13.9. The number of furan rings is 1. The van der Waals surface area contributed by atoms with Gasteiger partial charge in [0.15, 0.2) is 11.6 Å². The number of rotatable bonds is 6. The van der Waals surface area contributed by atoms with Gasteiger partial charge in [-0.1, -0.05) is 5.16 Å². The van der Waals surface area contributed by atoms with Crippen molar-refractivity contribution in [3.8, 4) is 11.7 Å². The second-order valence-corrected chi connectivity index (χ2v) is 6.29. The Morgan fingerprint density at radius 1 is 1.32 bits per heavy atom. The van der Waals surface area contributed by atoms with E-state index in [0.717, 1.165) is 31.6 Å². The summed E-state index contributed by atoms with van der Waals surface area (Å²) in [6.45, 7) is 3.22. The first-order chi connectivity index (χ1) is 12.3. The van der Waals surface area contributed by atoms with E-state index in [0.29, 0.717) is 36.5 Å². The molecule has 8 nitrogen and oxygen atoms in total. The van der Waals surface area contributed by atoms with Gasteiger partial charge in [0.05, 0.1) is 31.7 Å². The van der Waals surface area contributed by atoms with Crippen molar-refractivity contribution in [2.24, 2.45) is 0 Å². The van der Waals surface area contributed by atoms with Crippen molar-refractivity contribution in [2.75, 3.05) is 19.7 Å². The zero-order chi connectivity index (χ0) is 17.1. The van der Waals surface area contributed by atoms with E-state index in [1.54, 1.807) is 23.1 Å². The maximum atomic E-state index is 9.02. The van der Waals surface area contributed by atoms with E-state index in [9.17, 15) is 0 Å². The Labute approximate surface area is 145 Å². The molecule has 0 amide bonds. The van der Waals surface area contributed by atoms with Gasteiger partial charge in [0, 0.05) is 18.7 Å². The number of hydrogen-bond acceptors (Lipinski definition) is 7. The fraction of sp³-hybridized carbons (Fsp3) is 0.471. The quantitative estimate of drug-likeness (QED) is 0.730. The molecular formula is C17H21N5O3. The molecule has 1 fully saturated rings. The summed E-state index contributed by atoms with van der Waals surface area (Å²) in [5.74, 6) is 2.06. The summed E-state index contributed by atoms with van der Waals surface area (Å²) in [5.41, 5.74) is 1.09. The van der Waals surface area contributed by atoms with Crippen molar-refractivity contribution in [2.45, 2.75) is 31.8 Å². The topological polar surface area (TPSA) is 93.3 Å². The molecule has 1 saturated heterocycles. The second-order valence-electron chi connectivity index (χ2n) is 6.29. The maximum absolute atomic E-state index is 9.02. The van der Waals surface area contributed by atoms with Crippen LogP contribution in [0.4, 0.5) is 0 Å². The van der Waals surface area contributed by atoms with Gasteiger partial charge in [-0.05, 0) is 37.6 Å². The van der Waals surface area contributed by atoms with E-state index < -0.39 is 0 Å². The normalized spacial score (nSPS) is 18.7. The summed E-state index contributed by atoms with van der Waals surface area (Å²) in [5, 5.41) is 17.6.